The Kier molecular flexibility index (Phi) is 7.27. The normalized spacial score (nSPS) is 22.6. The molecule has 1 aromatic heterocycles. The number of aromatic nitrogens is 1. The van der Waals surface area contributed by atoms with E-state index in [2.05, 4.69) is 0 Å². The standard InChI is InChI=1S/C28H23ClF3N3O4S2/c29-16-10-8-15(9-11-16)20-21-22(25(38)35(24(21)37)18-7-3-2-6-17(18)28(30,31)32)40-26-23(20)41-27(39)34(26)14-19(36)33-12-4-1-5-13-33/h2-3,6-11,20-22H,1,4-5,12-14H2/t20-,21?,22?/m1/s1. The van der Waals surface area contributed by atoms with Crippen LogP contribution >= 0.6 is 34.7 Å². The molecule has 2 fully saturated rings. The number of halogens is 4. The molecule has 2 unspecified atom stereocenters. The number of imide groups is 1. The van der Waals surface area contributed by atoms with Crippen LogP contribution in [0, 0.1) is 5.92 Å². The average Bonchev–Trinajstić information content (AvgIpc) is 3.39. The highest BCUT2D eigenvalue weighted by molar-refractivity contribution is 8.00. The van der Waals surface area contributed by atoms with Gasteiger partial charge in [0.15, 0.2) is 0 Å². The van der Waals surface area contributed by atoms with Gasteiger partial charge in [0.25, 0.3) is 0 Å². The third kappa shape index (κ3) is 4.89. The van der Waals surface area contributed by atoms with E-state index in [4.69, 9.17) is 11.6 Å². The lowest BCUT2D eigenvalue weighted by Crippen LogP contribution is -2.39. The van der Waals surface area contributed by atoms with Crippen LogP contribution in [0.3, 0.4) is 0 Å². The first kappa shape index (κ1) is 28.0. The number of rotatable bonds is 4. The summed E-state index contributed by atoms with van der Waals surface area (Å²) >= 11 is 7.97. The molecule has 0 radical (unpaired) electrons. The predicted molar refractivity (Wildman–Crippen MR) is 149 cm³/mol. The molecule has 13 heteroatoms. The maximum Gasteiger partial charge on any atom is 0.418 e. The number of thioether (sulfide) groups is 1. The van der Waals surface area contributed by atoms with Gasteiger partial charge in [-0.05, 0) is 49.1 Å². The predicted octanol–water partition coefficient (Wildman–Crippen LogP) is 5.39. The number of nitrogens with zero attached hydrogens (tertiary/aromatic N) is 3. The van der Waals surface area contributed by atoms with Gasteiger partial charge in [-0.25, -0.2) is 4.90 Å². The van der Waals surface area contributed by atoms with Crippen LogP contribution in [0.2, 0.25) is 5.02 Å². The molecule has 0 spiro atoms. The van der Waals surface area contributed by atoms with Gasteiger partial charge in [-0.3, -0.25) is 23.7 Å². The quantitative estimate of drug-likeness (QED) is 0.365. The number of hydrogen-bond acceptors (Lipinski definition) is 6. The SMILES string of the molecule is O=C(Cn1c2c(sc1=O)[C@H](c1ccc(Cl)cc1)C1C(=O)N(c3ccccc3C(F)(F)F)C(=O)C1S2)N1CCCCC1. The summed E-state index contributed by atoms with van der Waals surface area (Å²) in [7, 11) is 0. The molecule has 6 rings (SSSR count). The number of hydrogen-bond donors (Lipinski definition) is 0. The van der Waals surface area contributed by atoms with Crippen LogP contribution in [0.15, 0.2) is 58.4 Å². The summed E-state index contributed by atoms with van der Waals surface area (Å²) in [5.41, 5.74) is -1.03. The van der Waals surface area contributed by atoms with Crippen molar-refractivity contribution in [3.05, 3.63) is 79.2 Å². The Morgan fingerprint density at radius 1 is 0.951 bits per heavy atom. The van der Waals surface area contributed by atoms with E-state index >= 15 is 0 Å². The van der Waals surface area contributed by atoms with E-state index in [0.29, 0.717) is 38.5 Å². The van der Waals surface area contributed by atoms with Crippen molar-refractivity contribution in [2.24, 2.45) is 5.92 Å². The lowest BCUT2D eigenvalue weighted by molar-refractivity contribution is -0.137. The van der Waals surface area contributed by atoms with E-state index in [0.717, 1.165) is 54.5 Å². The zero-order valence-corrected chi connectivity index (χ0v) is 23.8. The Morgan fingerprint density at radius 3 is 2.32 bits per heavy atom. The van der Waals surface area contributed by atoms with Crippen molar-refractivity contribution >= 4 is 58.1 Å². The first-order chi connectivity index (χ1) is 19.6. The number of carbonyl (C=O) groups excluding carboxylic acids is 3. The molecule has 41 heavy (non-hydrogen) atoms. The molecule has 3 atom stereocenters. The highest BCUT2D eigenvalue weighted by Gasteiger charge is 2.57. The number of alkyl halides is 3. The number of benzene rings is 2. The highest BCUT2D eigenvalue weighted by atomic mass is 35.5. The number of piperidine rings is 1. The molecule has 2 saturated heterocycles. The van der Waals surface area contributed by atoms with Crippen molar-refractivity contribution in [2.75, 3.05) is 18.0 Å². The zero-order valence-electron chi connectivity index (χ0n) is 21.4. The van der Waals surface area contributed by atoms with Crippen molar-refractivity contribution in [3.8, 4) is 0 Å². The molecule has 0 aliphatic carbocycles. The molecule has 3 aliphatic heterocycles. The van der Waals surface area contributed by atoms with Crippen molar-refractivity contribution in [3.63, 3.8) is 0 Å². The van der Waals surface area contributed by atoms with Crippen LogP contribution in [-0.4, -0.2) is 45.5 Å². The van der Waals surface area contributed by atoms with Gasteiger partial charge < -0.3 is 4.90 Å². The first-order valence-corrected chi connectivity index (χ1v) is 15.1. The molecule has 3 aromatic rings. The van der Waals surface area contributed by atoms with Crippen molar-refractivity contribution in [1.82, 2.24) is 9.47 Å². The van der Waals surface area contributed by atoms with Crippen LogP contribution < -0.4 is 9.77 Å². The smallest absolute Gasteiger partial charge is 0.341 e. The molecule has 214 valence electrons. The molecule has 0 N–H and O–H groups in total. The number of amides is 3. The van der Waals surface area contributed by atoms with E-state index in [9.17, 15) is 32.3 Å². The molecule has 0 saturated carbocycles. The summed E-state index contributed by atoms with van der Waals surface area (Å²) in [6, 6.07) is 11.1. The summed E-state index contributed by atoms with van der Waals surface area (Å²) in [4.78, 5) is 56.5. The van der Waals surface area contributed by atoms with Crippen LogP contribution in [0.5, 0.6) is 0 Å². The minimum absolute atomic E-state index is 0.215. The summed E-state index contributed by atoms with van der Waals surface area (Å²) in [5, 5.41) is -0.274. The number of para-hydroxylation sites is 1. The fourth-order valence-electron chi connectivity index (χ4n) is 5.81. The van der Waals surface area contributed by atoms with E-state index in [1.165, 1.54) is 16.7 Å². The van der Waals surface area contributed by atoms with Crippen molar-refractivity contribution < 1.29 is 27.6 Å². The zero-order chi connectivity index (χ0) is 29.1. The molecule has 0 bridgehead atoms. The Labute approximate surface area is 245 Å². The van der Waals surface area contributed by atoms with E-state index in [1.54, 1.807) is 29.2 Å². The Hall–Kier alpha value is -3.09. The molecule has 3 aliphatic rings. The van der Waals surface area contributed by atoms with Gasteiger partial charge in [0.2, 0.25) is 17.7 Å². The van der Waals surface area contributed by atoms with Crippen LogP contribution in [0.1, 0.15) is 41.2 Å². The maximum absolute atomic E-state index is 13.9. The van der Waals surface area contributed by atoms with Gasteiger partial charge >= 0.3 is 11.0 Å². The summed E-state index contributed by atoms with van der Waals surface area (Å²) in [6.07, 6.45) is -2.00. The second kappa shape index (κ2) is 10.6. The lowest BCUT2D eigenvalue weighted by Gasteiger charge is -2.31. The van der Waals surface area contributed by atoms with Gasteiger partial charge in [0.1, 0.15) is 11.8 Å². The molecule has 2 aromatic carbocycles. The number of fused-ring (bicyclic) bond motifs is 2. The van der Waals surface area contributed by atoms with Gasteiger partial charge in [0, 0.05) is 28.9 Å². The van der Waals surface area contributed by atoms with Crippen molar-refractivity contribution in [2.45, 2.75) is 48.2 Å². The minimum Gasteiger partial charge on any atom is -0.341 e. The van der Waals surface area contributed by atoms with E-state index < -0.39 is 51.2 Å². The number of anilines is 1. The highest BCUT2D eigenvalue weighted by Crippen LogP contribution is 2.54. The van der Waals surface area contributed by atoms with E-state index in [1.807, 2.05) is 0 Å². The summed E-state index contributed by atoms with van der Waals surface area (Å²) in [5.74, 6) is -3.64. The van der Waals surface area contributed by atoms with Crippen molar-refractivity contribution in [1.29, 1.82) is 0 Å². The maximum atomic E-state index is 13.9. The average molecular weight is 622 g/mol. The third-order valence-electron chi connectivity index (χ3n) is 7.73. The molecular formula is C28H23ClF3N3O4S2. The summed E-state index contributed by atoms with van der Waals surface area (Å²) in [6.45, 7) is 0.989. The van der Waals surface area contributed by atoms with Gasteiger partial charge in [-0.1, -0.05) is 59.0 Å². The number of thiazole rings is 1. The first-order valence-electron chi connectivity index (χ1n) is 13.0. The minimum atomic E-state index is -4.79. The molecular weight excluding hydrogens is 599 g/mol. The Bertz CT molecular complexity index is 1600. The topological polar surface area (TPSA) is 79.7 Å². The van der Waals surface area contributed by atoms with Crippen LogP contribution in [-0.2, 0) is 27.1 Å². The summed E-state index contributed by atoms with van der Waals surface area (Å²) < 4.78 is 43.1. The van der Waals surface area contributed by atoms with Gasteiger partial charge in [-0.15, -0.1) is 0 Å². The fraction of sp³-hybridized carbons (Fsp3) is 0.357. The van der Waals surface area contributed by atoms with Gasteiger partial charge in [-0.2, -0.15) is 13.2 Å². The largest absolute Gasteiger partial charge is 0.418 e. The third-order valence-corrected chi connectivity index (χ3v) is 10.6. The second-order valence-electron chi connectivity index (χ2n) is 10.2. The Morgan fingerprint density at radius 2 is 1.63 bits per heavy atom. The lowest BCUT2D eigenvalue weighted by atomic mass is 9.83. The molecule has 4 heterocycles. The molecule has 3 amide bonds. The number of likely N-dealkylation sites (tertiary alicyclic amines) is 1. The van der Waals surface area contributed by atoms with Gasteiger partial charge in [0.05, 0.1) is 22.2 Å². The van der Waals surface area contributed by atoms with Crippen LogP contribution in [0.25, 0.3) is 0 Å². The van der Waals surface area contributed by atoms with E-state index in [-0.39, 0.29) is 12.5 Å². The monoisotopic (exact) mass is 621 g/mol. The second-order valence-corrected chi connectivity index (χ2v) is 12.7. The fourth-order valence-corrected chi connectivity index (χ4v) is 8.71. The van der Waals surface area contributed by atoms with Crippen LogP contribution in [0.4, 0.5) is 18.9 Å². The number of carbonyl (C=O) groups is 3. The molecule has 7 nitrogen and oxygen atoms in total. The Balaban J connectivity index is 1.45.